The van der Waals surface area contributed by atoms with Crippen LogP contribution in [0, 0.1) is 5.92 Å². The highest BCUT2D eigenvalue weighted by atomic mass is 16.6. The van der Waals surface area contributed by atoms with Crippen molar-refractivity contribution in [1.82, 2.24) is 0 Å². The lowest BCUT2D eigenvalue weighted by Gasteiger charge is -2.12. The molecular formula is C15H24O3. The number of rotatable bonds is 7. The molecule has 2 heterocycles. The third kappa shape index (κ3) is 3.35. The molecular weight excluding hydrogens is 228 g/mol. The molecule has 0 aliphatic carbocycles. The lowest BCUT2D eigenvalue weighted by molar-refractivity contribution is -0.137. The zero-order chi connectivity index (χ0) is 13.0. The van der Waals surface area contributed by atoms with Crippen LogP contribution in [0.25, 0.3) is 0 Å². The van der Waals surface area contributed by atoms with Crippen LogP contribution in [0.2, 0.25) is 0 Å². The van der Waals surface area contributed by atoms with Gasteiger partial charge in [0.05, 0.1) is 18.3 Å². The van der Waals surface area contributed by atoms with Crippen molar-refractivity contribution in [1.29, 1.82) is 0 Å². The molecule has 2 aliphatic rings. The molecule has 3 nitrogen and oxygen atoms in total. The molecule has 2 rings (SSSR count). The molecule has 0 bridgehead atoms. The van der Waals surface area contributed by atoms with E-state index < -0.39 is 0 Å². The highest BCUT2D eigenvalue weighted by Gasteiger charge is 2.36. The molecule has 3 heteroatoms. The van der Waals surface area contributed by atoms with Gasteiger partial charge in [0.25, 0.3) is 0 Å². The molecule has 102 valence electrons. The lowest BCUT2D eigenvalue weighted by Crippen LogP contribution is -2.16. The van der Waals surface area contributed by atoms with Crippen molar-refractivity contribution >= 4 is 5.97 Å². The summed E-state index contributed by atoms with van der Waals surface area (Å²) < 4.78 is 10.7. The number of carbonyl (C=O) groups is 1. The van der Waals surface area contributed by atoms with Gasteiger partial charge in [0.1, 0.15) is 6.61 Å². The van der Waals surface area contributed by atoms with E-state index in [1.807, 2.05) is 0 Å². The van der Waals surface area contributed by atoms with Crippen LogP contribution in [0.15, 0.2) is 11.1 Å². The molecule has 0 saturated carbocycles. The van der Waals surface area contributed by atoms with E-state index in [2.05, 4.69) is 13.8 Å². The second-order valence-corrected chi connectivity index (χ2v) is 5.78. The molecule has 0 amide bonds. The Kier molecular flexibility index (Phi) is 4.81. The molecule has 0 spiro atoms. The van der Waals surface area contributed by atoms with Crippen LogP contribution in [0.5, 0.6) is 0 Å². The van der Waals surface area contributed by atoms with E-state index in [0.29, 0.717) is 13.2 Å². The molecule has 1 atom stereocenters. The largest absolute Gasteiger partial charge is 0.458 e. The third-order valence-electron chi connectivity index (χ3n) is 3.76. The van der Waals surface area contributed by atoms with E-state index in [1.165, 1.54) is 25.7 Å². The number of hydrogen-bond donors (Lipinski definition) is 0. The fourth-order valence-corrected chi connectivity index (χ4v) is 2.68. The molecule has 0 aromatic heterocycles. The molecule has 0 aromatic rings. The van der Waals surface area contributed by atoms with Crippen molar-refractivity contribution < 1.29 is 14.3 Å². The number of esters is 1. The summed E-state index contributed by atoms with van der Waals surface area (Å²) in [7, 11) is 0. The second-order valence-electron chi connectivity index (χ2n) is 5.78. The smallest absolute Gasteiger partial charge is 0.337 e. The number of unbranched alkanes of at least 4 members (excludes halogenated alkanes) is 3. The summed E-state index contributed by atoms with van der Waals surface area (Å²) in [4.78, 5) is 11.5. The fourth-order valence-electron chi connectivity index (χ4n) is 2.68. The van der Waals surface area contributed by atoms with Crippen LogP contribution in [0.4, 0.5) is 0 Å². The van der Waals surface area contributed by atoms with Crippen molar-refractivity contribution in [2.75, 3.05) is 13.2 Å². The van der Waals surface area contributed by atoms with Gasteiger partial charge in [0.15, 0.2) is 0 Å². The third-order valence-corrected chi connectivity index (χ3v) is 3.76. The van der Waals surface area contributed by atoms with E-state index in [4.69, 9.17) is 9.47 Å². The lowest BCUT2D eigenvalue weighted by atomic mass is 10.00. The van der Waals surface area contributed by atoms with E-state index in [-0.39, 0.29) is 12.1 Å². The van der Waals surface area contributed by atoms with Crippen LogP contribution < -0.4 is 0 Å². The van der Waals surface area contributed by atoms with Gasteiger partial charge in [-0.2, -0.15) is 0 Å². The zero-order valence-electron chi connectivity index (χ0n) is 11.5. The van der Waals surface area contributed by atoms with Gasteiger partial charge in [-0.3, -0.25) is 0 Å². The molecule has 0 N–H and O–H groups in total. The van der Waals surface area contributed by atoms with Crippen LogP contribution >= 0.6 is 0 Å². The Hall–Kier alpha value is -0.830. The van der Waals surface area contributed by atoms with Gasteiger partial charge in [0, 0.05) is 5.57 Å². The zero-order valence-corrected chi connectivity index (χ0v) is 11.5. The topological polar surface area (TPSA) is 35.5 Å². The van der Waals surface area contributed by atoms with Crippen LogP contribution in [-0.4, -0.2) is 25.3 Å². The second kappa shape index (κ2) is 6.37. The summed E-state index contributed by atoms with van der Waals surface area (Å²) >= 11 is 0. The first-order chi connectivity index (χ1) is 8.68. The minimum atomic E-state index is -0.146. The highest BCUT2D eigenvalue weighted by Crippen LogP contribution is 2.30. The number of hydrogen-bond acceptors (Lipinski definition) is 3. The Bertz CT molecular complexity index is 331. The van der Waals surface area contributed by atoms with Gasteiger partial charge in [-0.25, -0.2) is 4.79 Å². The van der Waals surface area contributed by atoms with E-state index in [1.54, 1.807) is 0 Å². The van der Waals surface area contributed by atoms with Crippen molar-refractivity contribution in [2.45, 2.75) is 58.5 Å². The molecule has 2 aliphatic heterocycles. The van der Waals surface area contributed by atoms with E-state index in [0.717, 1.165) is 29.9 Å². The number of ether oxygens (including phenoxy) is 2. The van der Waals surface area contributed by atoms with Gasteiger partial charge in [0.2, 0.25) is 0 Å². The van der Waals surface area contributed by atoms with Crippen molar-refractivity contribution in [2.24, 2.45) is 5.92 Å². The Morgan fingerprint density at radius 3 is 2.72 bits per heavy atom. The standard InChI is InChI=1S/C15H24O3/c1-11(2)7-5-3-4-6-8-13-14-12(9-17-13)10-18-15(14)16/h11,13H,3-10H2,1-2H3/t13-/m0/s1. The highest BCUT2D eigenvalue weighted by molar-refractivity contribution is 5.93. The maximum Gasteiger partial charge on any atom is 0.337 e. The van der Waals surface area contributed by atoms with Crippen LogP contribution in [-0.2, 0) is 14.3 Å². The van der Waals surface area contributed by atoms with Crippen molar-refractivity contribution in [3.8, 4) is 0 Å². The van der Waals surface area contributed by atoms with Crippen LogP contribution in [0.1, 0.15) is 52.4 Å². The number of carbonyl (C=O) groups excluding carboxylic acids is 1. The van der Waals surface area contributed by atoms with Gasteiger partial charge < -0.3 is 9.47 Å². The Balaban J connectivity index is 1.62. The predicted octanol–water partition coefficient (Wildman–Crippen LogP) is 3.24. The molecule has 0 unspecified atom stereocenters. The SMILES string of the molecule is CC(C)CCCCCC[C@@H]1OCC2=C1C(=O)OC2. The molecule has 0 radical (unpaired) electrons. The first kappa shape index (κ1) is 13.6. The average molecular weight is 252 g/mol. The predicted molar refractivity (Wildman–Crippen MR) is 70.3 cm³/mol. The summed E-state index contributed by atoms with van der Waals surface area (Å²) in [5, 5.41) is 0. The van der Waals surface area contributed by atoms with E-state index >= 15 is 0 Å². The summed E-state index contributed by atoms with van der Waals surface area (Å²) in [5.74, 6) is 0.663. The van der Waals surface area contributed by atoms with Gasteiger partial charge in [-0.05, 0) is 12.3 Å². The normalized spacial score (nSPS) is 22.8. The minimum Gasteiger partial charge on any atom is -0.458 e. The van der Waals surface area contributed by atoms with Gasteiger partial charge in [-0.15, -0.1) is 0 Å². The van der Waals surface area contributed by atoms with Gasteiger partial charge in [-0.1, -0.05) is 46.0 Å². The van der Waals surface area contributed by atoms with Crippen molar-refractivity contribution in [3.05, 3.63) is 11.1 Å². The fraction of sp³-hybridized carbons (Fsp3) is 0.800. The Labute approximate surface area is 110 Å². The molecule has 18 heavy (non-hydrogen) atoms. The first-order valence-electron chi connectivity index (χ1n) is 7.19. The van der Waals surface area contributed by atoms with Crippen LogP contribution in [0.3, 0.4) is 0 Å². The maximum atomic E-state index is 11.5. The first-order valence-corrected chi connectivity index (χ1v) is 7.19. The van der Waals surface area contributed by atoms with Gasteiger partial charge >= 0.3 is 5.97 Å². The van der Waals surface area contributed by atoms with Crippen molar-refractivity contribution in [3.63, 3.8) is 0 Å². The summed E-state index contributed by atoms with van der Waals surface area (Å²) in [5.41, 5.74) is 1.90. The molecule has 0 aromatic carbocycles. The minimum absolute atomic E-state index is 0.0140. The number of cyclic esters (lactones) is 1. The van der Waals surface area contributed by atoms with E-state index in [9.17, 15) is 4.79 Å². The molecule has 0 fully saturated rings. The summed E-state index contributed by atoms with van der Waals surface area (Å²) in [6, 6.07) is 0. The summed E-state index contributed by atoms with van der Waals surface area (Å²) in [6.45, 7) is 5.59. The maximum absolute atomic E-state index is 11.5. The average Bonchev–Trinajstić information content (AvgIpc) is 2.88. The Morgan fingerprint density at radius 2 is 1.94 bits per heavy atom. The quantitative estimate of drug-likeness (QED) is 0.515. The Morgan fingerprint density at radius 1 is 1.17 bits per heavy atom. The molecule has 0 saturated heterocycles. The monoisotopic (exact) mass is 252 g/mol. The summed E-state index contributed by atoms with van der Waals surface area (Å²) in [6.07, 6.45) is 7.30.